The summed E-state index contributed by atoms with van der Waals surface area (Å²) >= 11 is 1.39. The molecule has 1 aromatic heterocycles. The van der Waals surface area contributed by atoms with Crippen molar-refractivity contribution in [3.05, 3.63) is 51.0 Å². The highest BCUT2D eigenvalue weighted by Gasteiger charge is 2.26. The van der Waals surface area contributed by atoms with Crippen LogP contribution in [0.3, 0.4) is 0 Å². The van der Waals surface area contributed by atoms with E-state index in [1.165, 1.54) is 11.3 Å². The molecule has 0 unspecified atom stereocenters. The van der Waals surface area contributed by atoms with Crippen LogP contribution in [0.5, 0.6) is 0 Å². The van der Waals surface area contributed by atoms with Crippen molar-refractivity contribution in [1.82, 2.24) is 10.3 Å². The molecule has 1 aliphatic carbocycles. The van der Waals surface area contributed by atoms with E-state index in [0.29, 0.717) is 34.7 Å². The molecule has 2 aromatic rings. The Kier molecular flexibility index (Phi) is 8.45. The maximum absolute atomic E-state index is 13.2. The molecule has 3 rings (SSSR count). The van der Waals surface area contributed by atoms with Gasteiger partial charge in [0.1, 0.15) is 16.6 Å². The molecule has 6 nitrogen and oxygen atoms in total. The standard InChI is InChI=1S/C25H30N2O4S/c1-3-20(28)13-19-15-32-24(27-19)14-21(29)12-18-9-8-16(11-23(30)26-2)10-22(18)25(31)17-6-4-5-7-17/h8-10,15,17H,3-7,11-14H2,1-2H3,(H,26,30). The van der Waals surface area contributed by atoms with Gasteiger partial charge in [-0.25, -0.2) is 4.98 Å². The van der Waals surface area contributed by atoms with E-state index in [0.717, 1.165) is 31.2 Å². The third kappa shape index (κ3) is 6.42. The van der Waals surface area contributed by atoms with Crippen molar-refractivity contribution in [2.75, 3.05) is 7.05 Å². The van der Waals surface area contributed by atoms with Crippen LogP contribution in [-0.2, 0) is 40.1 Å². The van der Waals surface area contributed by atoms with E-state index in [-0.39, 0.29) is 48.4 Å². The van der Waals surface area contributed by atoms with Crippen molar-refractivity contribution < 1.29 is 19.2 Å². The summed E-state index contributed by atoms with van der Waals surface area (Å²) in [5.74, 6) is 0.0666. The third-order valence-corrected chi connectivity index (χ3v) is 6.81. The van der Waals surface area contributed by atoms with Crippen LogP contribution >= 0.6 is 11.3 Å². The van der Waals surface area contributed by atoms with Gasteiger partial charge in [-0.05, 0) is 30.0 Å². The van der Waals surface area contributed by atoms with Gasteiger partial charge in [-0.2, -0.15) is 0 Å². The number of rotatable bonds is 11. The largest absolute Gasteiger partial charge is 0.359 e. The van der Waals surface area contributed by atoms with Gasteiger partial charge in [0.25, 0.3) is 0 Å². The molecule has 0 radical (unpaired) electrons. The van der Waals surface area contributed by atoms with E-state index in [1.807, 2.05) is 24.4 Å². The first-order valence-corrected chi connectivity index (χ1v) is 12.1. The lowest BCUT2D eigenvalue weighted by atomic mass is 9.89. The predicted molar refractivity (Wildman–Crippen MR) is 124 cm³/mol. The monoisotopic (exact) mass is 454 g/mol. The molecule has 1 amide bonds. The van der Waals surface area contributed by atoms with E-state index in [4.69, 9.17) is 0 Å². The number of carbonyl (C=O) groups excluding carboxylic acids is 4. The van der Waals surface area contributed by atoms with Crippen LogP contribution in [0.15, 0.2) is 23.6 Å². The fourth-order valence-electron chi connectivity index (χ4n) is 4.08. The van der Waals surface area contributed by atoms with Gasteiger partial charge in [0.15, 0.2) is 5.78 Å². The first-order valence-electron chi connectivity index (χ1n) is 11.2. The summed E-state index contributed by atoms with van der Waals surface area (Å²) in [6.07, 6.45) is 5.17. The number of carbonyl (C=O) groups is 4. The van der Waals surface area contributed by atoms with Gasteiger partial charge < -0.3 is 5.32 Å². The average molecular weight is 455 g/mol. The Labute approximate surface area is 192 Å². The van der Waals surface area contributed by atoms with Crippen LogP contribution in [0, 0.1) is 5.92 Å². The summed E-state index contributed by atoms with van der Waals surface area (Å²) < 4.78 is 0. The molecular weight excluding hydrogens is 424 g/mol. The van der Waals surface area contributed by atoms with E-state index in [1.54, 1.807) is 13.1 Å². The topological polar surface area (TPSA) is 93.2 Å². The summed E-state index contributed by atoms with van der Waals surface area (Å²) in [6.45, 7) is 1.82. The van der Waals surface area contributed by atoms with Crippen molar-refractivity contribution in [3.8, 4) is 0 Å². The van der Waals surface area contributed by atoms with Crippen LogP contribution in [0.1, 0.15) is 71.2 Å². The molecule has 170 valence electrons. The van der Waals surface area contributed by atoms with Gasteiger partial charge >= 0.3 is 0 Å². The Balaban J connectivity index is 1.75. The van der Waals surface area contributed by atoms with E-state index < -0.39 is 0 Å². The molecule has 0 spiro atoms. The van der Waals surface area contributed by atoms with Gasteiger partial charge in [-0.15, -0.1) is 11.3 Å². The fourth-order valence-corrected chi connectivity index (χ4v) is 4.90. The Morgan fingerprint density at radius 1 is 1.03 bits per heavy atom. The van der Waals surface area contributed by atoms with Crippen molar-refractivity contribution >= 4 is 34.6 Å². The zero-order valence-corrected chi connectivity index (χ0v) is 19.6. The molecule has 0 bridgehead atoms. The molecule has 1 N–H and O–H groups in total. The van der Waals surface area contributed by atoms with Crippen LogP contribution in [0.2, 0.25) is 0 Å². The average Bonchev–Trinajstić information content (AvgIpc) is 3.46. The number of ketones is 3. The minimum absolute atomic E-state index is 0.00303. The van der Waals surface area contributed by atoms with E-state index in [9.17, 15) is 19.2 Å². The van der Waals surface area contributed by atoms with Gasteiger partial charge in [0.05, 0.1) is 18.5 Å². The second-order valence-corrected chi connectivity index (χ2v) is 9.32. The molecular formula is C25H30N2O4S. The molecule has 1 saturated carbocycles. The lowest BCUT2D eigenvalue weighted by Crippen LogP contribution is -2.21. The van der Waals surface area contributed by atoms with Crippen LogP contribution in [0.25, 0.3) is 0 Å². The number of thiazole rings is 1. The van der Waals surface area contributed by atoms with Crippen LogP contribution in [0.4, 0.5) is 0 Å². The van der Waals surface area contributed by atoms with Crippen molar-refractivity contribution in [2.45, 2.75) is 64.7 Å². The summed E-state index contributed by atoms with van der Waals surface area (Å²) in [5, 5.41) is 5.12. The van der Waals surface area contributed by atoms with Crippen molar-refractivity contribution in [2.24, 2.45) is 5.92 Å². The quantitative estimate of drug-likeness (QED) is 0.523. The number of hydrogen-bond donors (Lipinski definition) is 1. The zero-order valence-electron chi connectivity index (χ0n) is 18.7. The van der Waals surface area contributed by atoms with Crippen molar-refractivity contribution in [3.63, 3.8) is 0 Å². The number of nitrogens with one attached hydrogen (secondary N) is 1. The highest BCUT2D eigenvalue weighted by atomic mass is 32.1. The minimum atomic E-state index is -0.116. The summed E-state index contributed by atoms with van der Waals surface area (Å²) in [6, 6.07) is 5.42. The Hall–Kier alpha value is -2.67. The van der Waals surface area contributed by atoms with E-state index in [2.05, 4.69) is 10.3 Å². The van der Waals surface area contributed by atoms with Crippen molar-refractivity contribution in [1.29, 1.82) is 0 Å². The van der Waals surface area contributed by atoms with Crippen LogP contribution in [-0.4, -0.2) is 35.3 Å². The van der Waals surface area contributed by atoms with Gasteiger partial charge in [0, 0.05) is 43.2 Å². The molecule has 7 heteroatoms. The molecule has 0 aliphatic heterocycles. The first-order chi connectivity index (χ1) is 15.4. The maximum atomic E-state index is 13.2. The first kappa shape index (κ1) is 24.0. The number of nitrogens with zero attached hydrogens (tertiary/aromatic N) is 1. The number of benzene rings is 1. The maximum Gasteiger partial charge on any atom is 0.224 e. The minimum Gasteiger partial charge on any atom is -0.359 e. The molecule has 0 saturated heterocycles. The summed E-state index contributed by atoms with van der Waals surface area (Å²) in [7, 11) is 1.59. The molecule has 1 heterocycles. The van der Waals surface area contributed by atoms with Gasteiger partial charge in [0.2, 0.25) is 5.91 Å². The van der Waals surface area contributed by atoms with E-state index >= 15 is 0 Å². The SMILES string of the molecule is CCC(=O)Cc1csc(CC(=O)Cc2ccc(CC(=O)NC)cc2C(=O)C2CCCC2)n1. The smallest absolute Gasteiger partial charge is 0.224 e. The number of hydrogen-bond acceptors (Lipinski definition) is 6. The highest BCUT2D eigenvalue weighted by Crippen LogP contribution is 2.30. The Morgan fingerprint density at radius 2 is 1.78 bits per heavy atom. The lowest BCUT2D eigenvalue weighted by molar-refractivity contribution is -0.120. The molecule has 1 fully saturated rings. The second-order valence-electron chi connectivity index (χ2n) is 8.38. The Morgan fingerprint density at radius 3 is 2.47 bits per heavy atom. The highest BCUT2D eigenvalue weighted by molar-refractivity contribution is 7.09. The van der Waals surface area contributed by atoms with Gasteiger partial charge in [-0.3, -0.25) is 19.2 Å². The number of amides is 1. The number of aromatic nitrogens is 1. The summed E-state index contributed by atoms with van der Waals surface area (Å²) in [4.78, 5) is 53.8. The van der Waals surface area contributed by atoms with Crippen LogP contribution < -0.4 is 5.32 Å². The molecule has 0 atom stereocenters. The number of Topliss-reactive ketones (excluding diaryl/α,β-unsaturated/α-hetero) is 3. The van der Waals surface area contributed by atoms with Gasteiger partial charge in [-0.1, -0.05) is 31.9 Å². The normalized spacial score (nSPS) is 13.8. The lowest BCUT2D eigenvalue weighted by Gasteiger charge is -2.14. The Bertz CT molecular complexity index is 1010. The fraction of sp³-hybridized carbons (Fsp3) is 0.480. The predicted octanol–water partition coefficient (Wildman–Crippen LogP) is 3.68. The molecule has 32 heavy (non-hydrogen) atoms. The summed E-state index contributed by atoms with van der Waals surface area (Å²) in [5.41, 5.74) is 2.76. The molecule has 1 aliphatic rings. The number of likely N-dealkylation sites (N-methyl/N-ethyl adjacent to an activating group) is 1. The zero-order chi connectivity index (χ0) is 23.1. The molecule has 1 aromatic carbocycles. The second kappa shape index (κ2) is 11.3. The third-order valence-electron chi connectivity index (χ3n) is 5.92.